The minimum Gasteiger partial charge on any atom is -0.492 e. The Balaban J connectivity index is 1.25. The molecule has 7 nitrogen and oxygen atoms in total. The zero-order valence-corrected chi connectivity index (χ0v) is 21.1. The van der Waals surface area contributed by atoms with Gasteiger partial charge >= 0.3 is 0 Å². The van der Waals surface area contributed by atoms with Gasteiger partial charge in [-0.1, -0.05) is 23.2 Å². The Morgan fingerprint density at radius 1 is 1.12 bits per heavy atom. The van der Waals surface area contributed by atoms with Gasteiger partial charge in [-0.2, -0.15) is 0 Å². The predicted molar refractivity (Wildman–Crippen MR) is 132 cm³/mol. The molecule has 1 aromatic heterocycles. The molecule has 1 N–H and O–H groups in total. The zero-order valence-electron chi connectivity index (χ0n) is 18.0. The molecule has 2 aromatic carbocycles. The third kappa shape index (κ3) is 5.22. The van der Waals surface area contributed by atoms with Crippen molar-refractivity contribution in [2.45, 2.75) is 42.2 Å². The fourth-order valence-corrected chi connectivity index (χ4v) is 6.97. The molecule has 2 aliphatic rings. The van der Waals surface area contributed by atoms with Crippen LogP contribution in [0, 0.1) is 5.92 Å². The highest BCUT2D eigenvalue weighted by atomic mass is 35.5. The first-order valence-corrected chi connectivity index (χ1v) is 14.1. The van der Waals surface area contributed by atoms with Gasteiger partial charge in [0.15, 0.2) is 9.84 Å². The molecule has 178 valence electrons. The molecular formula is C23H21Cl2N3O4S2. The Bertz CT molecular complexity index is 1360. The average molecular weight is 538 g/mol. The normalized spacial score (nSPS) is 17.8. The summed E-state index contributed by atoms with van der Waals surface area (Å²) in [7, 11) is -3.59. The first kappa shape index (κ1) is 23.5. The van der Waals surface area contributed by atoms with Crippen LogP contribution >= 0.6 is 34.5 Å². The van der Waals surface area contributed by atoms with E-state index in [2.05, 4.69) is 15.5 Å². The smallest absolute Gasteiger partial charge is 0.227 e. The topological polar surface area (TPSA) is 98.2 Å². The van der Waals surface area contributed by atoms with Gasteiger partial charge in [0.1, 0.15) is 21.5 Å². The number of halogens is 2. The molecule has 0 spiro atoms. The van der Waals surface area contributed by atoms with Gasteiger partial charge in [-0.15, -0.1) is 21.5 Å². The lowest BCUT2D eigenvalue weighted by molar-refractivity contribution is -0.120. The van der Waals surface area contributed by atoms with Crippen LogP contribution in [0.3, 0.4) is 0 Å². The molecule has 0 saturated heterocycles. The van der Waals surface area contributed by atoms with Crippen LogP contribution in [0.4, 0.5) is 5.69 Å². The van der Waals surface area contributed by atoms with Crippen molar-refractivity contribution in [3.8, 4) is 5.75 Å². The molecule has 0 radical (unpaired) electrons. The van der Waals surface area contributed by atoms with Crippen molar-refractivity contribution in [1.82, 2.24) is 10.2 Å². The highest BCUT2D eigenvalue weighted by molar-refractivity contribution is 7.90. The number of nitrogens with zero attached hydrogens (tertiary/aromatic N) is 2. The van der Waals surface area contributed by atoms with Crippen LogP contribution in [0.5, 0.6) is 5.75 Å². The van der Waals surface area contributed by atoms with Crippen LogP contribution in [0.15, 0.2) is 41.3 Å². The Labute approximate surface area is 211 Å². The van der Waals surface area contributed by atoms with E-state index in [1.54, 1.807) is 30.3 Å². The number of hydrogen-bond donors (Lipinski definition) is 1. The first-order chi connectivity index (χ1) is 16.3. The Hall–Kier alpha value is -2.20. The van der Waals surface area contributed by atoms with E-state index in [4.69, 9.17) is 27.9 Å². The first-order valence-electron chi connectivity index (χ1n) is 10.9. The number of anilines is 1. The van der Waals surface area contributed by atoms with E-state index in [0.29, 0.717) is 45.2 Å². The third-order valence-corrected chi connectivity index (χ3v) is 9.30. The number of ether oxygens (including phenoxy) is 1. The zero-order chi connectivity index (χ0) is 23.9. The van der Waals surface area contributed by atoms with E-state index in [9.17, 15) is 13.2 Å². The van der Waals surface area contributed by atoms with E-state index < -0.39 is 9.84 Å². The molecule has 1 aliphatic carbocycles. The molecule has 1 aliphatic heterocycles. The van der Waals surface area contributed by atoms with Gasteiger partial charge in [0.05, 0.1) is 16.5 Å². The van der Waals surface area contributed by atoms with Crippen LogP contribution < -0.4 is 10.1 Å². The van der Waals surface area contributed by atoms with Crippen molar-refractivity contribution in [1.29, 1.82) is 0 Å². The van der Waals surface area contributed by atoms with Gasteiger partial charge in [0.25, 0.3) is 0 Å². The molecule has 0 bridgehead atoms. The SMILES string of the molecule is O=C1Nc2ccc(S(=O)(=O)Cc3nnc(C4CC4)s3)cc2CC1CCOc1ccc(Cl)cc1Cl. The van der Waals surface area contributed by atoms with E-state index in [0.717, 1.165) is 23.4 Å². The Morgan fingerprint density at radius 3 is 2.71 bits per heavy atom. The number of amides is 1. The number of benzene rings is 2. The van der Waals surface area contributed by atoms with Crippen LogP contribution in [-0.4, -0.2) is 31.1 Å². The molecule has 5 rings (SSSR count). The molecular weight excluding hydrogens is 517 g/mol. The van der Waals surface area contributed by atoms with Crippen LogP contribution in [-0.2, 0) is 26.8 Å². The Kier molecular flexibility index (Phi) is 6.54. The number of nitrogens with one attached hydrogen (secondary N) is 1. The fourth-order valence-electron chi connectivity index (χ4n) is 3.85. The number of rotatable bonds is 8. The maximum atomic E-state index is 13.0. The summed E-state index contributed by atoms with van der Waals surface area (Å²) in [6.07, 6.45) is 3.07. The summed E-state index contributed by atoms with van der Waals surface area (Å²) in [4.78, 5) is 12.8. The highest BCUT2D eigenvalue weighted by Gasteiger charge is 2.30. The minimum absolute atomic E-state index is 0.115. The standard InChI is InChI=1S/C23H21Cl2N3O4S2/c24-16-3-6-20(18(25)11-16)32-8-7-14-9-15-10-17(4-5-19(15)26-22(14)29)34(30,31)12-21-27-28-23(33-21)13-1-2-13/h3-6,10-11,13-14H,1-2,7-9,12H2,(H,26,29). The largest absolute Gasteiger partial charge is 0.492 e. The summed E-state index contributed by atoms with van der Waals surface area (Å²) in [6.45, 7) is 0.285. The van der Waals surface area contributed by atoms with Gasteiger partial charge in [-0.05, 0) is 67.6 Å². The van der Waals surface area contributed by atoms with Gasteiger partial charge in [0.2, 0.25) is 5.91 Å². The molecule has 1 saturated carbocycles. The number of sulfone groups is 1. The quantitative estimate of drug-likeness (QED) is 0.419. The van der Waals surface area contributed by atoms with Gasteiger partial charge < -0.3 is 10.1 Å². The van der Waals surface area contributed by atoms with Gasteiger partial charge in [0, 0.05) is 22.5 Å². The molecule has 11 heteroatoms. The van der Waals surface area contributed by atoms with Crippen molar-refractivity contribution in [3.05, 3.63) is 62.0 Å². The second-order valence-corrected chi connectivity index (χ2v) is 12.4. The van der Waals surface area contributed by atoms with Crippen LogP contribution in [0.2, 0.25) is 10.0 Å². The van der Waals surface area contributed by atoms with Crippen molar-refractivity contribution in [3.63, 3.8) is 0 Å². The van der Waals surface area contributed by atoms with Crippen molar-refractivity contribution in [2.24, 2.45) is 5.92 Å². The fraction of sp³-hybridized carbons (Fsp3) is 0.348. The Morgan fingerprint density at radius 2 is 1.94 bits per heavy atom. The minimum atomic E-state index is -3.59. The lowest BCUT2D eigenvalue weighted by atomic mass is 9.91. The molecule has 34 heavy (non-hydrogen) atoms. The number of carbonyl (C=O) groups excluding carboxylic acids is 1. The van der Waals surface area contributed by atoms with E-state index >= 15 is 0 Å². The number of carbonyl (C=O) groups is 1. The van der Waals surface area contributed by atoms with Crippen LogP contribution in [0.25, 0.3) is 0 Å². The maximum absolute atomic E-state index is 13.0. The van der Waals surface area contributed by atoms with Crippen molar-refractivity contribution >= 4 is 56.0 Å². The van der Waals surface area contributed by atoms with Gasteiger partial charge in [-0.3, -0.25) is 4.79 Å². The molecule has 3 aromatic rings. The lowest BCUT2D eigenvalue weighted by Crippen LogP contribution is -2.31. The summed E-state index contributed by atoms with van der Waals surface area (Å²) in [6, 6.07) is 9.79. The third-order valence-electron chi connectivity index (χ3n) is 5.87. The van der Waals surface area contributed by atoms with E-state index in [1.165, 1.54) is 17.4 Å². The summed E-state index contributed by atoms with van der Waals surface area (Å²) in [5.41, 5.74) is 1.42. The monoisotopic (exact) mass is 537 g/mol. The second-order valence-electron chi connectivity index (χ2n) is 8.49. The summed E-state index contributed by atoms with van der Waals surface area (Å²) >= 11 is 13.4. The van der Waals surface area contributed by atoms with Crippen molar-refractivity contribution < 1.29 is 17.9 Å². The summed E-state index contributed by atoms with van der Waals surface area (Å²) in [5.74, 6) is 0.300. The summed E-state index contributed by atoms with van der Waals surface area (Å²) in [5, 5.41) is 13.4. The summed E-state index contributed by atoms with van der Waals surface area (Å²) < 4.78 is 31.8. The molecule has 1 amide bonds. The average Bonchev–Trinajstić information content (AvgIpc) is 3.54. The second kappa shape index (κ2) is 9.45. The van der Waals surface area contributed by atoms with Crippen LogP contribution in [0.1, 0.15) is 40.8 Å². The molecule has 1 unspecified atom stereocenters. The highest BCUT2D eigenvalue weighted by Crippen LogP contribution is 2.41. The molecule has 1 fully saturated rings. The predicted octanol–water partition coefficient (Wildman–Crippen LogP) is 5.28. The number of aromatic nitrogens is 2. The maximum Gasteiger partial charge on any atom is 0.227 e. The van der Waals surface area contributed by atoms with Crippen molar-refractivity contribution in [2.75, 3.05) is 11.9 Å². The van der Waals surface area contributed by atoms with E-state index in [1.807, 2.05) is 0 Å². The van der Waals surface area contributed by atoms with Gasteiger partial charge in [-0.25, -0.2) is 8.42 Å². The molecule has 1 atom stereocenters. The molecule has 2 heterocycles. The number of fused-ring (bicyclic) bond motifs is 1. The van der Waals surface area contributed by atoms with E-state index in [-0.39, 0.29) is 29.1 Å². The number of hydrogen-bond acceptors (Lipinski definition) is 7. The lowest BCUT2D eigenvalue weighted by Gasteiger charge is -2.25.